The molecule has 29 heavy (non-hydrogen) atoms. The molecule has 1 atom stereocenters. The van der Waals surface area contributed by atoms with Gasteiger partial charge in [-0.1, -0.05) is 37.6 Å². The second kappa shape index (κ2) is 9.19. The molecule has 0 radical (unpaired) electrons. The third kappa shape index (κ3) is 5.65. The highest BCUT2D eigenvalue weighted by molar-refractivity contribution is 7.89. The number of hydrogen-bond donors (Lipinski definition) is 2. The number of carbonyl (C=O) groups is 2. The molecule has 2 aromatic rings. The van der Waals surface area contributed by atoms with Crippen LogP contribution < -0.4 is 10.6 Å². The zero-order valence-electron chi connectivity index (χ0n) is 17.3. The van der Waals surface area contributed by atoms with Crippen LogP contribution in [-0.2, 0) is 14.8 Å². The number of amides is 2. The van der Waals surface area contributed by atoms with Crippen molar-refractivity contribution in [1.82, 2.24) is 9.62 Å². The summed E-state index contributed by atoms with van der Waals surface area (Å²) in [7, 11) is -0.737. The van der Waals surface area contributed by atoms with E-state index in [1.807, 2.05) is 26.8 Å². The molecule has 0 heterocycles. The average Bonchev–Trinajstić information content (AvgIpc) is 2.65. The van der Waals surface area contributed by atoms with E-state index >= 15 is 0 Å². The van der Waals surface area contributed by atoms with Crippen molar-refractivity contribution in [2.45, 2.75) is 31.7 Å². The number of nitrogens with one attached hydrogen (secondary N) is 2. The first kappa shape index (κ1) is 22.6. The lowest BCUT2D eigenvalue weighted by atomic mass is 10.0. The lowest BCUT2D eigenvalue weighted by Crippen LogP contribution is -2.47. The lowest BCUT2D eigenvalue weighted by Gasteiger charge is -2.22. The quantitative estimate of drug-likeness (QED) is 0.724. The highest BCUT2D eigenvalue weighted by Crippen LogP contribution is 2.19. The van der Waals surface area contributed by atoms with Crippen LogP contribution in [-0.4, -0.2) is 44.7 Å². The molecule has 2 aromatic carbocycles. The normalized spacial score (nSPS) is 12.7. The Hall–Kier alpha value is -2.71. The van der Waals surface area contributed by atoms with Crippen LogP contribution in [0, 0.1) is 12.8 Å². The SMILES string of the molecule is Cc1cccc(C(=O)N[C@H](C(=O)Nc2cccc(S(=O)(=O)N(C)C)c2)C(C)C)c1. The fraction of sp³-hybridized carbons (Fsp3) is 0.333. The van der Waals surface area contributed by atoms with E-state index in [0.29, 0.717) is 11.3 Å². The molecule has 7 nitrogen and oxygen atoms in total. The van der Waals surface area contributed by atoms with Gasteiger partial charge in [0.2, 0.25) is 15.9 Å². The molecule has 8 heteroatoms. The number of sulfonamides is 1. The Morgan fingerprint density at radius 3 is 2.24 bits per heavy atom. The first-order valence-corrected chi connectivity index (χ1v) is 10.7. The van der Waals surface area contributed by atoms with Crippen LogP contribution in [0.25, 0.3) is 0 Å². The predicted octanol–water partition coefficient (Wildman–Crippen LogP) is 2.64. The van der Waals surface area contributed by atoms with Gasteiger partial charge in [-0.2, -0.15) is 0 Å². The Balaban J connectivity index is 2.19. The molecule has 0 saturated heterocycles. The minimum absolute atomic E-state index is 0.0743. The molecule has 0 aliphatic carbocycles. The molecule has 0 aromatic heterocycles. The van der Waals surface area contributed by atoms with Gasteiger partial charge in [-0.15, -0.1) is 0 Å². The van der Waals surface area contributed by atoms with Crippen molar-refractivity contribution in [3.05, 3.63) is 59.7 Å². The Labute approximate surface area is 172 Å². The van der Waals surface area contributed by atoms with Crippen LogP contribution in [0.5, 0.6) is 0 Å². The summed E-state index contributed by atoms with van der Waals surface area (Å²) in [4.78, 5) is 25.4. The Morgan fingerprint density at radius 2 is 1.66 bits per heavy atom. The monoisotopic (exact) mass is 417 g/mol. The molecule has 0 spiro atoms. The van der Waals surface area contributed by atoms with Gasteiger partial charge in [0.25, 0.3) is 5.91 Å². The predicted molar refractivity (Wildman–Crippen MR) is 113 cm³/mol. The number of hydrogen-bond acceptors (Lipinski definition) is 4. The minimum Gasteiger partial charge on any atom is -0.340 e. The highest BCUT2D eigenvalue weighted by Gasteiger charge is 2.25. The van der Waals surface area contributed by atoms with Crippen LogP contribution in [0.15, 0.2) is 53.4 Å². The molecule has 0 aliphatic rings. The van der Waals surface area contributed by atoms with E-state index in [1.54, 1.807) is 30.3 Å². The third-order valence-electron chi connectivity index (χ3n) is 4.40. The van der Waals surface area contributed by atoms with E-state index < -0.39 is 22.0 Å². The maximum atomic E-state index is 12.8. The number of anilines is 1. The molecule has 156 valence electrons. The van der Waals surface area contributed by atoms with Crippen LogP contribution >= 0.6 is 0 Å². The smallest absolute Gasteiger partial charge is 0.251 e. The second-order valence-electron chi connectivity index (χ2n) is 7.37. The minimum atomic E-state index is -3.62. The van der Waals surface area contributed by atoms with Crippen molar-refractivity contribution in [3.8, 4) is 0 Å². The largest absolute Gasteiger partial charge is 0.340 e. The fourth-order valence-electron chi connectivity index (χ4n) is 2.71. The van der Waals surface area contributed by atoms with Crippen molar-refractivity contribution < 1.29 is 18.0 Å². The van der Waals surface area contributed by atoms with Gasteiger partial charge in [0.1, 0.15) is 6.04 Å². The summed E-state index contributed by atoms with van der Waals surface area (Å²) in [5.74, 6) is -0.927. The van der Waals surface area contributed by atoms with Gasteiger partial charge < -0.3 is 10.6 Å². The van der Waals surface area contributed by atoms with Crippen molar-refractivity contribution in [2.24, 2.45) is 5.92 Å². The van der Waals surface area contributed by atoms with E-state index in [1.165, 1.54) is 26.2 Å². The summed E-state index contributed by atoms with van der Waals surface area (Å²) in [6.07, 6.45) is 0. The summed E-state index contributed by atoms with van der Waals surface area (Å²) in [5, 5.41) is 5.47. The van der Waals surface area contributed by atoms with E-state index in [9.17, 15) is 18.0 Å². The van der Waals surface area contributed by atoms with Crippen LogP contribution in [0.2, 0.25) is 0 Å². The second-order valence-corrected chi connectivity index (χ2v) is 9.52. The maximum Gasteiger partial charge on any atom is 0.251 e. The van der Waals surface area contributed by atoms with E-state index in [-0.39, 0.29) is 16.7 Å². The molecule has 0 unspecified atom stereocenters. The number of carbonyl (C=O) groups excluding carboxylic acids is 2. The molecule has 0 fully saturated rings. The van der Waals surface area contributed by atoms with Crippen molar-refractivity contribution in [3.63, 3.8) is 0 Å². The fourth-order valence-corrected chi connectivity index (χ4v) is 3.66. The van der Waals surface area contributed by atoms with Gasteiger partial charge in [0, 0.05) is 25.3 Å². The van der Waals surface area contributed by atoms with Gasteiger partial charge in [0.15, 0.2) is 0 Å². The van der Waals surface area contributed by atoms with Crippen LogP contribution in [0.4, 0.5) is 5.69 Å². The third-order valence-corrected chi connectivity index (χ3v) is 6.21. The standard InChI is InChI=1S/C21H27N3O4S/c1-14(2)19(23-20(25)16-9-6-8-15(3)12-16)21(26)22-17-10-7-11-18(13-17)29(27,28)24(4)5/h6-14,19H,1-5H3,(H,22,26)(H,23,25)/t19-/m0/s1. The molecule has 2 rings (SSSR count). The van der Waals surface area contributed by atoms with Gasteiger partial charge in [-0.25, -0.2) is 12.7 Å². The topological polar surface area (TPSA) is 95.6 Å². The summed E-state index contributed by atoms with van der Waals surface area (Å²) in [5.41, 5.74) is 1.76. The summed E-state index contributed by atoms with van der Waals surface area (Å²) in [6.45, 7) is 5.54. The molecule has 0 bridgehead atoms. The number of nitrogens with zero attached hydrogens (tertiary/aromatic N) is 1. The van der Waals surface area contributed by atoms with Crippen molar-refractivity contribution in [1.29, 1.82) is 0 Å². The highest BCUT2D eigenvalue weighted by atomic mass is 32.2. The summed E-state index contributed by atoms with van der Waals surface area (Å²) < 4.78 is 25.7. The number of benzene rings is 2. The summed E-state index contributed by atoms with van der Waals surface area (Å²) in [6, 6.07) is 12.3. The van der Waals surface area contributed by atoms with Crippen molar-refractivity contribution >= 4 is 27.5 Å². The Kier molecular flexibility index (Phi) is 7.16. The molecular weight excluding hydrogens is 390 g/mol. The van der Waals surface area contributed by atoms with Gasteiger partial charge in [0.05, 0.1) is 4.90 Å². The number of rotatable bonds is 7. The first-order chi connectivity index (χ1) is 13.5. The van der Waals surface area contributed by atoms with E-state index in [2.05, 4.69) is 10.6 Å². The molecule has 0 aliphatic heterocycles. The average molecular weight is 418 g/mol. The lowest BCUT2D eigenvalue weighted by molar-refractivity contribution is -0.118. The van der Waals surface area contributed by atoms with E-state index in [0.717, 1.165) is 9.87 Å². The summed E-state index contributed by atoms with van der Waals surface area (Å²) >= 11 is 0. The molecule has 2 N–H and O–H groups in total. The van der Waals surface area contributed by atoms with Crippen molar-refractivity contribution in [2.75, 3.05) is 19.4 Å². The van der Waals surface area contributed by atoms with Crippen LogP contribution in [0.3, 0.4) is 0 Å². The first-order valence-electron chi connectivity index (χ1n) is 9.23. The van der Waals surface area contributed by atoms with Crippen LogP contribution in [0.1, 0.15) is 29.8 Å². The molecule has 2 amide bonds. The zero-order valence-corrected chi connectivity index (χ0v) is 18.1. The zero-order chi connectivity index (χ0) is 21.8. The van der Waals surface area contributed by atoms with E-state index in [4.69, 9.17) is 0 Å². The molecular formula is C21H27N3O4S. The maximum absolute atomic E-state index is 12.8. The van der Waals surface area contributed by atoms with Gasteiger partial charge in [-0.3, -0.25) is 9.59 Å². The number of aryl methyl sites for hydroxylation is 1. The molecule has 0 saturated carbocycles. The van der Waals surface area contributed by atoms with Gasteiger partial charge in [-0.05, 0) is 43.2 Å². The van der Waals surface area contributed by atoms with Gasteiger partial charge >= 0.3 is 0 Å². The Bertz CT molecular complexity index is 1000. The Morgan fingerprint density at radius 1 is 1.00 bits per heavy atom.